The Hall–Kier alpha value is -2.73. The number of nitrogens with zero attached hydrogens (tertiary/aromatic N) is 2. The van der Waals surface area contributed by atoms with Gasteiger partial charge >= 0.3 is 12.4 Å². The monoisotopic (exact) mass is 402 g/mol. The van der Waals surface area contributed by atoms with Crippen molar-refractivity contribution in [3.63, 3.8) is 0 Å². The van der Waals surface area contributed by atoms with Gasteiger partial charge in [-0.1, -0.05) is 0 Å². The molecule has 0 aromatic heterocycles. The number of alkyl halides is 6. The summed E-state index contributed by atoms with van der Waals surface area (Å²) in [5.41, 5.74) is -1.45. The summed E-state index contributed by atoms with van der Waals surface area (Å²) < 4.78 is 74.2. The highest BCUT2D eigenvalue weighted by Crippen LogP contribution is 2.33. The molecule has 0 spiro atoms. The van der Waals surface area contributed by atoms with E-state index in [-0.39, 0.29) is 11.4 Å². The van der Waals surface area contributed by atoms with Crippen molar-refractivity contribution in [3.8, 4) is 0 Å². The average molecular weight is 402 g/mol. The maximum atomic E-state index is 12.4. The Morgan fingerprint density at radius 1 is 1.19 bits per heavy atom. The summed E-state index contributed by atoms with van der Waals surface area (Å²) in [5.74, 6) is -1.30. The van der Waals surface area contributed by atoms with Crippen molar-refractivity contribution in [1.82, 2.24) is 5.32 Å². The van der Waals surface area contributed by atoms with Crippen molar-refractivity contribution in [3.05, 3.63) is 27.8 Å². The number of hydrogen-bond donors (Lipinski definition) is 2. The normalized spacial score (nSPS) is 11.9. The van der Waals surface area contributed by atoms with Crippen LogP contribution < -0.4 is 15.5 Å². The third-order valence-corrected chi connectivity index (χ3v) is 3.42. The van der Waals surface area contributed by atoms with Crippen molar-refractivity contribution in [1.29, 1.82) is 0 Å². The van der Waals surface area contributed by atoms with E-state index in [2.05, 4.69) is 5.32 Å². The number of halogens is 6. The molecule has 1 aromatic rings. The van der Waals surface area contributed by atoms with Crippen LogP contribution in [0.25, 0.3) is 0 Å². The second-order valence-corrected chi connectivity index (χ2v) is 5.48. The van der Waals surface area contributed by atoms with Crippen molar-refractivity contribution < 1.29 is 36.1 Å². The molecule has 0 bridgehead atoms. The largest absolute Gasteiger partial charge is 0.405 e. The molecule has 0 fully saturated rings. The fraction of sp³-hybridized carbons (Fsp3) is 0.500. The van der Waals surface area contributed by atoms with Crippen LogP contribution in [0.3, 0.4) is 0 Å². The molecule has 0 saturated carbocycles. The van der Waals surface area contributed by atoms with Crippen LogP contribution in [0.4, 0.5) is 43.4 Å². The van der Waals surface area contributed by atoms with E-state index in [1.807, 2.05) is 0 Å². The first-order chi connectivity index (χ1) is 12.2. The zero-order valence-electron chi connectivity index (χ0n) is 14.2. The van der Waals surface area contributed by atoms with Gasteiger partial charge < -0.3 is 15.5 Å². The average Bonchev–Trinajstić information content (AvgIpc) is 2.54. The minimum absolute atomic E-state index is 0.110. The summed E-state index contributed by atoms with van der Waals surface area (Å²) in [4.78, 5) is 23.3. The first kappa shape index (κ1) is 22.3. The number of carbonyl (C=O) groups excluding carboxylic acids is 1. The Bertz CT molecular complexity index is 705. The number of nitro groups is 1. The second kappa shape index (κ2) is 8.31. The van der Waals surface area contributed by atoms with E-state index in [9.17, 15) is 41.3 Å². The van der Waals surface area contributed by atoms with Gasteiger partial charge in [0.05, 0.1) is 22.6 Å². The van der Waals surface area contributed by atoms with Crippen molar-refractivity contribution in [2.24, 2.45) is 0 Å². The molecule has 27 heavy (non-hydrogen) atoms. The number of hydrogen-bond acceptors (Lipinski definition) is 5. The quantitative estimate of drug-likeness (QED) is 0.415. The van der Waals surface area contributed by atoms with E-state index in [1.165, 1.54) is 14.1 Å². The first-order valence-corrected chi connectivity index (χ1v) is 7.38. The minimum Gasteiger partial charge on any atom is -0.383 e. The lowest BCUT2D eigenvalue weighted by molar-refractivity contribution is -0.383. The summed E-state index contributed by atoms with van der Waals surface area (Å²) in [6.07, 6.45) is -10.5. The van der Waals surface area contributed by atoms with Crippen LogP contribution in [0.15, 0.2) is 12.1 Å². The molecule has 1 rings (SSSR count). The highest BCUT2D eigenvalue weighted by atomic mass is 19.4. The molecule has 7 nitrogen and oxygen atoms in total. The molecule has 0 aliphatic rings. The molecule has 0 saturated heterocycles. The van der Waals surface area contributed by atoms with Crippen molar-refractivity contribution in [2.75, 3.05) is 37.4 Å². The van der Waals surface area contributed by atoms with Gasteiger partial charge in [-0.05, 0) is 6.07 Å². The lowest BCUT2D eigenvalue weighted by Gasteiger charge is -2.23. The lowest BCUT2D eigenvalue weighted by Crippen LogP contribution is -2.35. The van der Waals surface area contributed by atoms with E-state index >= 15 is 0 Å². The zero-order valence-corrected chi connectivity index (χ0v) is 14.2. The van der Waals surface area contributed by atoms with Gasteiger partial charge in [0.15, 0.2) is 0 Å². The van der Waals surface area contributed by atoms with E-state index in [4.69, 9.17) is 0 Å². The van der Waals surface area contributed by atoms with Crippen LogP contribution >= 0.6 is 0 Å². The van der Waals surface area contributed by atoms with E-state index in [0.717, 1.165) is 17.0 Å². The summed E-state index contributed by atoms with van der Waals surface area (Å²) in [6, 6.07) is 1.76. The summed E-state index contributed by atoms with van der Waals surface area (Å²) in [5, 5.41) is 15.1. The van der Waals surface area contributed by atoms with E-state index < -0.39 is 53.9 Å². The van der Waals surface area contributed by atoms with Gasteiger partial charge in [0, 0.05) is 26.7 Å². The van der Waals surface area contributed by atoms with Crippen LogP contribution in [0.1, 0.15) is 16.8 Å². The van der Waals surface area contributed by atoms with E-state index in [0.29, 0.717) is 0 Å². The molecule has 13 heteroatoms. The van der Waals surface area contributed by atoms with Gasteiger partial charge in [0.1, 0.15) is 12.2 Å². The third-order valence-electron chi connectivity index (χ3n) is 3.42. The molecule has 1 aromatic carbocycles. The predicted molar refractivity (Wildman–Crippen MR) is 85.0 cm³/mol. The number of amides is 1. The molecule has 0 atom stereocenters. The number of nitrogens with one attached hydrogen (secondary N) is 2. The third kappa shape index (κ3) is 6.83. The van der Waals surface area contributed by atoms with Crippen LogP contribution in [0.2, 0.25) is 0 Å². The molecule has 0 aliphatic heterocycles. The van der Waals surface area contributed by atoms with Gasteiger partial charge in [-0.25, -0.2) is 0 Å². The van der Waals surface area contributed by atoms with Crippen molar-refractivity contribution in [2.45, 2.75) is 18.8 Å². The van der Waals surface area contributed by atoms with Crippen LogP contribution in [0.5, 0.6) is 0 Å². The molecule has 1 amide bonds. The number of nitro benzene ring substituents is 1. The van der Waals surface area contributed by atoms with Gasteiger partial charge in [0.2, 0.25) is 0 Å². The number of benzene rings is 1. The summed E-state index contributed by atoms with van der Waals surface area (Å²) in [6.45, 7) is -2.30. The highest BCUT2D eigenvalue weighted by Gasteiger charge is 2.31. The summed E-state index contributed by atoms with van der Waals surface area (Å²) in [7, 11) is 2.50. The van der Waals surface area contributed by atoms with Gasteiger partial charge in [-0.15, -0.1) is 0 Å². The molecule has 0 unspecified atom stereocenters. The molecule has 2 N–H and O–H groups in total. The molecule has 0 radical (unpaired) electrons. The van der Waals surface area contributed by atoms with Crippen LogP contribution in [-0.4, -0.2) is 50.4 Å². The maximum absolute atomic E-state index is 12.4. The number of anilines is 2. The Kier molecular flexibility index (Phi) is 6.87. The Balaban J connectivity index is 3.32. The maximum Gasteiger partial charge on any atom is 0.405 e. The number of carbonyl (C=O) groups is 1. The minimum atomic E-state index is -4.73. The molecular formula is C14H16F6N4O3. The summed E-state index contributed by atoms with van der Waals surface area (Å²) >= 11 is 0. The molecule has 152 valence electrons. The standard InChI is InChI=1S/C14H16F6N4O3/c1-21-9-6-10(23(2)4-3-13(15,16)17)8(5-11(9)24(26)27)12(25)22-7-14(18,19)20/h5-6,21H,3-4,7H2,1-2H3,(H,22,25). The SMILES string of the molecule is CNc1cc(N(C)CCC(F)(F)F)c(C(=O)NCC(F)(F)F)cc1[N+](=O)[O-]. The van der Waals surface area contributed by atoms with Gasteiger partial charge in [0.25, 0.3) is 11.6 Å². The topological polar surface area (TPSA) is 87.5 Å². The first-order valence-electron chi connectivity index (χ1n) is 7.38. The van der Waals surface area contributed by atoms with Crippen LogP contribution in [-0.2, 0) is 0 Å². The second-order valence-electron chi connectivity index (χ2n) is 5.48. The van der Waals surface area contributed by atoms with E-state index in [1.54, 1.807) is 5.32 Å². The lowest BCUT2D eigenvalue weighted by atomic mass is 10.1. The highest BCUT2D eigenvalue weighted by molar-refractivity contribution is 6.01. The Morgan fingerprint density at radius 2 is 1.78 bits per heavy atom. The van der Waals surface area contributed by atoms with Crippen molar-refractivity contribution >= 4 is 23.0 Å². The fourth-order valence-corrected chi connectivity index (χ4v) is 2.12. The molecule has 0 aliphatic carbocycles. The van der Waals surface area contributed by atoms with Gasteiger partial charge in [-0.3, -0.25) is 14.9 Å². The predicted octanol–water partition coefficient (Wildman–Crippen LogP) is 3.32. The molecule has 0 heterocycles. The Morgan fingerprint density at radius 3 is 2.22 bits per heavy atom. The van der Waals surface area contributed by atoms with Crippen LogP contribution in [0, 0.1) is 10.1 Å². The molecular weight excluding hydrogens is 386 g/mol. The number of rotatable bonds is 7. The van der Waals surface area contributed by atoms with Gasteiger partial charge in [-0.2, -0.15) is 26.3 Å². The smallest absolute Gasteiger partial charge is 0.383 e. The zero-order chi connectivity index (χ0) is 21.0. The Labute approximate surface area is 149 Å². The fourth-order valence-electron chi connectivity index (χ4n) is 2.12.